The molecule has 4 heteroatoms. The fourth-order valence-electron chi connectivity index (χ4n) is 3.67. The second kappa shape index (κ2) is 7.65. The quantitative estimate of drug-likeness (QED) is 0.712. The van der Waals surface area contributed by atoms with Gasteiger partial charge in [-0.05, 0) is 67.0 Å². The molecule has 0 bridgehead atoms. The van der Waals surface area contributed by atoms with Crippen LogP contribution in [0.3, 0.4) is 0 Å². The molecule has 0 atom stereocenters. The van der Waals surface area contributed by atoms with E-state index >= 15 is 0 Å². The number of H-pyrrole nitrogens is 1. The van der Waals surface area contributed by atoms with Gasteiger partial charge in [-0.25, -0.2) is 0 Å². The van der Waals surface area contributed by atoms with Crippen LogP contribution in [0.4, 0.5) is 0 Å². The molecule has 1 amide bonds. The van der Waals surface area contributed by atoms with E-state index in [4.69, 9.17) is 4.74 Å². The smallest absolute Gasteiger partial charge is 0.257 e. The number of para-hydroxylation sites is 1. The number of amides is 1. The Hall–Kier alpha value is -2.75. The molecule has 0 spiro atoms. The van der Waals surface area contributed by atoms with Crippen molar-refractivity contribution in [3.8, 4) is 5.75 Å². The summed E-state index contributed by atoms with van der Waals surface area (Å²) in [4.78, 5) is 15.3. The van der Waals surface area contributed by atoms with E-state index in [1.165, 1.54) is 34.9 Å². The first-order chi connectivity index (χ1) is 12.8. The van der Waals surface area contributed by atoms with Crippen molar-refractivity contribution in [2.24, 2.45) is 0 Å². The molecule has 4 rings (SSSR count). The average molecular weight is 348 g/mol. The number of ether oxygens (including phenoxy) is 1. The predicted octanol–water partition coefficient (Wildman–Crippen LogP) is 3.78. The van der Waals surface area contributed by atoms with E-state index in [0.717, 1.165) is 30.5 Å². The lowest BCUT2D eigenvalue weighted by atomic mass is 9.92. The van der Waals surface area contributed by atoms with Gasteiger partial charge in [-0.2, -0.15) is 0 Å². The van der Waals surface area contributed by atoms with Crippen molar-refractivity contribution in [1.82, 2.24) is 10.3 Å². The monoisotopic (exact) mass is 348 g/mol. The van der Waals surface area contributed by atoms with Crippen molar-refractivity contribution < 1.29 is 9.53 Å². The topological polar surface area (TPSA) is 54.1 Å². The largest absolute Gasteiger partial charge is 0.484 e. The van der Waals surface area contributed by atoms with E-state index in [1.807, 2.05) is 24.4 Å². The highest BCUT2D eigenvalue weighted by Crippen LogP contribution is 2.25. The molecule has 4 nitrogen and oxygen atoms in total. The third kappa shape index (κ3) is 3.74. The van der Waals surface area contributed by atoms with Gasteiger partial charge in [0.15, 0.2) is 6.61 Å². The molecule has 2 N–H and O–H groups in total. The first-order valence-electron chi connectivity index (χ1n) is 9.36. The summed E-state index contributed by atoms with van der Waals surface area (Å²) in [5.74, 6) is 0.708. The second-order valence-corrected chi connectivity index (χ2v) is 6.89. The number of aromatic nitrogens is 1. The summed E-state index contributed by atoms with van der Waals surface area (Å²) < 4.78 is 5.67. The van der Waals surface area contributed by atoms with Gasteiger partial charge in [0.1, 0.15) is 5.75 Å². The van der Waals surface area contributed by atoms with Crippen molar-refractivity contribution in [1.29, 1.82) is 0 Å². The van der Waals surface area contributed by atoms with Crippen LogP contribution >= 0.6 is 0 Å². The minimum Gasteiger partial charge on any atom is -0.484 e. The molecule has 0 fully saturated rings. The molecular weight excluding hydrogens is 324 g/mol. The van der Waals surface area contributed by atoms with E-state index in [0.29, 0.717) is 6.54 Å². The molecule has 1 heterocycles. The maximum atomic E-state index is 12.1. The van der Waals surface area contributed by atoms with Crippen LogP contribution in [0, 0.1) is 0 Å². The molecule has 0 saturated heterocycles. The SMILES string of the molecule is O=C(COc1ccc2c(c1)CCCC2)NCCc1c[nH]c2ccccc12. The van der Waals surface area contributed by atoms with Crippen molar-refractivity contribution in [3.05, 3.63) is 65.4 Å². The third-order valence-electron chi connectivity index (χ3n) is 5.08. The number of aromatic amines is 1. The van der Waals surface area contributed by atoms with Crippen LogP contribution in [0.2, 0.25) is 0 Å². The molecular formula is C22H24N2O2. The fourth-order valence-corrected chi connectivity index (χ4v) is 3.67. The average Bonchev–Trinajstić information content (AvgIpc) is 3.09. The number of aryl methyl sites for hydroxylation is 2. The van der Waals surface area contributed by atoms with E-state index in [2.05, 4.69) is 34.6 Å². The van der Waals surface area contributed by atoms with Gasteiger partial charge in [0.05, 0.1) is 0 Å². The van der Waals surface area contributed by atoms with Gasteiger partial charge in [0, 0.05) is 23.6 Å². The van der Waals surface area contributed by atoms with Crippen LogP contribution in [-0.2, 0) is 24.1 Å². The minimum absolute atomic E-state index is 0.0622. The summed E-state index contributed by atoms with van der Waals surface area (Å²) in [6, 6.07) is 14.4. The maximum Gasteiger partial charge on any atom is 0.257 e. The molecule has 134 valence electrons. The van der Waals surface area contributed by atoms with Crippen molar-refractivity contribution in [3.63, 3.8) is 0 Å². The summed E-state index contributed by atoms with van der Waals surface area (Å²) in [6.45, 7) is 0.668. The number of hydrogen-bond donors (Lipinski definition) is 2. The summed E-state index contributed by atoms with van der Waals surface area (Å²) >= 11 is 0. The standard InChI is InChI=1S/C22H24N2O2/c25-22(15-26-19-10-9-16-5-1-2-6-17(16)13-19)23-12-11-18-14-24-21-8-4-3-7-20(18)21/h3-4,7-10,13-14,24H,1-2,5-6,11-12,15H2,(H,23,25). The van der Waals surface area contributed by atoms with E-state index in [1.54, 1.807) is 0 Å². The number of carbonyl (C=O) groups is 1. The molecule has 0 unspecified atom stereocenters. The van der Waals surface area contributed by atoms with Gasteiger partial charge in [0.2, 0.25) is 0 Å². The number of fused-ring (bicyclic) bond motifs is 2. The van der Waals surface area contributed by atoms with Crippen LogP contribution in [0.1, 0.15) is 29.5 Å². The lowest BCUT2D eigenvalue weighted by Crippen LogP contribution is -2.30. The minimum atomic E-state index is -0.0810. The molecule has 0 aliphatic heterocycles. The summed E-state index contributed by atoms with van der Waals surface area (Å²) in [7, 11) is 0. The molecule has 1 aliphatic carbocycles. The Bertz CT molecular complexity index is 913. The summed E-state index contributed by atoms with van der Waals surface area (Å²) in [6.07, 6.45) is 7.60. The zero-order valence-corrected chi connectivity index (χ0v) is 14.9. The van der Waals surface area contributed by atoms with Crippen LogP contribution in [0.15, 0.2) is 48.7 Å². The van der Waals surface area contributed by atoms with Crippen molar-refractivity contribution in [2.45, 2.75) is 32.1 Å². The molecule has 0 radical (unpaired) electrons. The Morgan fingerprint density at radius 3 is 2.85 bits per heavy atom. The first kappa shape index (κ1) is 16.7. The Morgan fingerprint density at radius 2 is 1.92 bits per heavy atom. The second-order valence-electron chi connectivity index (χ2n) is 6.89. The molecule has 2 aromatic carbocycles. The third-order valence-corrected chi connectivity index (χ3v) is 5.08. The Morgan fingerprint density at radius 1 is 1.08 bits per heavy atom. The van der Waals surface area contributed by atoms with Gasteiger partial charge in [0.25, 0.3) is 5.91 Å². The Labute approximate surface area is 153 Å². The maximum absolute atomic E-state index is 12.1. The van der Waals surface area contributed by atoms with Gasteiger partial charge in [-0.15, -0.1) is 0 Å². The Balaban J connectivity index is 1.25. The highest BCUT2D eigenvalue weighted by molar-refractivity contribution is 5.83. The van der Waals surface area contributed by atoms with Crippen LogP contribution in [-0.4, -0.2) is 24.0 Å². The van der Waals surface area contributed by atoms with E-state index in [9.17, 15) is 4.79 Å². The van der Waals surface area contributed by atoms with Gasteiger partial charge in [-0.3, -0.25) is 4.79 Å². The molecule has 1 aliphatic rings. The van der Waals surface area contributed by atoms with Gasteiger partial charge < -0.3 is 15.0 Å². The molecule has 0 saturated carbocycles. The normalized spacial score (nSPS) is 13.4. The zero-order chi connectivity index (χ0) is 17.8. The zero-order valence-electron chi connectivity index (χ0n) is 14.9. The summed E-state index contributed by atoms with van der Waals surface area (Å²) in [5, 5.41) is 4.16. The lowest BCUT2D eigenvalue weighted by molar-refractivity contribution is -0.123. The molecule has 1 aromatic heterocycles. The highest BCUT2D eigenvalue weighted by Gasteiger charge is 2.11. The first-order valence-corrected chi connectivity index (χ1v) is 9.36. The number of carbonyl (C=O) groups excluding carboxylic acids is 1. The summed E-state index contributed by atoms with van der Waals surface area (Å²) in [5.41, 5.74) is 5.14. The predicted molar refractivity (Wildman–Crippen MR) is 104 cm³/mol. The number of hydrogen-bond acceptors (Lipinski definition) is 2. The van der Waals surface area contributed by atoms with Crippen LogP contribution < -0.4 is 10.1 Å². The van der Waals surface area contributed by atoms with E-state index in [-0.39, 0.29) is 12.5 Å². The molecule has 26 heavy (non-hydrogen) atoms. The van der Waals surface area contributed by atoms with Crippen molar-refractivity contribution >= 4 is 16.8 Å². The number of rotatable bonds is 6. The van der Waals surface area contributed by atoms with E-state index < -0.39 is 0 Å². The lowest BCUT2D eigenvalue weighted by Gasteiger charge is -2.16. The van der Waals surface area contributed by atoms with Crippen LogP contribution in [0.25, 0.3) is 10.9 Å². The number of benzene rings is 2. The number of nitrogens with one attached hydrogen (secondary N) is 2. The fraction of sp³-hybridized carbons (Fsp3) is 0.318. The molecule has 3 aromatic rings. The van der Waals surface area contributed by atoms with Crippen molar-refractivity contribution in [2.75, 3.05) is 13.2 Å². The van der Waals surface area contributed by atoms with Gasteiger partial charge >= 0.3 is 0 Å². The highest BCUT2D eigenvalue weighted by atomic mass is 16.5. The van der Waals surface area contributed by atoms with Crippen LogP contribution in [0.5, 0.6) is 5.75 Å². The van der Waals surface area contributed by atoms with Gasteiger partial charge in [-0.1, -0.05) is 24.3 Å². The Kier molecular flexibility index (Phi) is 4.91.